The zero-order valence-corrected chi connectivity index (χ0v) is 18.8. The van der Waals surface area contributed by atoms with Crippen LogP contribution in [-0.2, 0) is 6.18 Å². The lowest BCUT2D eigenvalue weighted by Crippen LogP contribution is -2.35. The van der Waals surface area contributed by atoms with Gasteiger partial charge in [-0.3, -0.25) is 4.79 Å². The van der Waals surface area contributed by atoms with E-state index in [0.29, 0.717) is 5.56 Å². The Balaban J connectivity index is 1.65. The Morgan fingerprint density at radius 1 is 1.19 bits per heavy atom. The molecule has 3 aromatic heterocycles. The molecule has 0 aliphatic carbocycles. The Bertz CT molecular complexity index is 1390. The summed E-state index contributed by atoms with van der Waals surface area (Å²) >= 11 is 0. The van der Waals surface area contributed by atoms with Crippen LogP contribution in [0.15, 0.2) is 55.0 Å². The normalized spacial score (nSPS) is 13.4. The van der Waals surface area contributed by atoms with E-state index in [-0.39, 0.29) is 35.1 Å². The third kappa shape index (κ3) is 4.78. The third-order valence-corrected chi connectivity index (χ3v) is 5.45. The van der Waals surface area contributed by atoms with E-state index in [1.807, 2.05) is 0 Å². The topological polar surface area (TPSA) is 148 Å². The van der Waals surface area contributed by atoms with Gasteiger partial charge in [0.2, 0.25) is 5.88 Å². The summed E-state index contributed by atoms with van der Waals surface area (Å²) in [5, 5.41) is 27.0. The number of amides is 1. The molecule has 0 fully saturated rings. The van der Waals surface area contributed by atoms with Gasteiger partial charge in [0.15, 0.2) is 5.82 Å². The first-order valence-corrected chi connectivity index (χ1v) is 10.5. The van der Waals surface area contributed by atoms with Crippen molar-refractivity contribution >= 4 is 17.2 Å². The molecular weight excluding hydrogens is 481 g/mol. The molecule has 0 spiro atoms. The number of hydrogen-bond acceptors (Lipinski definition) is 8. The van der Waals surface area contributed by atoms with Crippen molar-refractivity contribution in [2.24, 2.45) is 0 Å². The number of nitrogen functional groups attached to an aromatic ring is 1. The molecule has 2 atom stereocenters. The van der Waals surface area contributed by atoms with Gasteiger partial charge in [0.25, 0.3) is 5.91 Å². The number of nitrogens with one attached hydrogen (secondary N) is 1. The minimum atomic E-state index is -4.74. The maximum absolute atomic E-state index is 13.6. The largest absolute Gasteiger partial charge is 0.480 e. The Hall–Kier alpha value is -4.23. The molecule has 4 rings (SSSR count). The van der Waals surface area contributed by atoms with Crippen LogP contribution in [0.4, 0.5) is 19.0 Å². The van der Waals surface area contributed by atoms with Gasteiger partial charge in [0, 0.05) is 18.3 Å². The maximum atomic E-state index is 13.6. The number of nitrogens with zero attached hydrogens (tertiary/aromatic N) is 4. The van der Waals surface area contributed by atoms with Gasteiger partial charge in [-0.05, 0) is 17.7 Å². The number of benzene rings is 1. The van der Waals surface area contributed by atoms with E-state index in [9.17, 15) is 28.2 Å². The molecule has 188 valence electrons. The molecule has 0 saturated carbocycles. The van der Waals surface area contributed by atoms with Crippen molar-refractivity contribution in [3.8, 4) is 17.1 Å². The molecule has 5 N–H and O–H groups in total. The fourth-order valence-electron chi connectivity index (χ4n) is 3.68. The smallest absolute Gasteiger partial charge is 0.418 e. The fourth-order valence-corrected chi connectivity index (χ4v) is 3.68. The molecule has 0 radical (unpaired) electrons. The third-order valence-electron chi connectivity index (χ3n) is 5.45. The number of pyridine rings is 1. The van der Waals surface area contributed by atoms with Crippen molar-refractivity contribution < 1.29 is 32.9 Å². The average Bonchev–Trinajstić information content (AvgIpc) is 3.28. The number of alkyl halides is 3. The van der Waals surface area contributed by atoms with E-state index in [1.54, 1.807) is 30.3 Å². The fraction of sp³-hybridized carbons (Fsp3) is 0.217. The summed E-state index contributed by atoms with van der Waals surface area (Å²) in [4.78, 5) is 20.6. The van der Waals surface area contributed by atoms with Gasteiger partial charge in [0.1, 0.15) is 29.6 Å². The van der Waals surface area contributed by atoms with Crippen LogP contribution in [0.25, 0.3) is 16.8 Å². The van der Waals surface area contributed by atoms with Crippen LogP contribution in [-0.4, -0.2) is 55.5 Å². The standard InChI is InChI=1S/C23H21F3N6O4/c1-36-22-14(21(35)28-10-17(33)19(34)12-5-3-2-4-6-12)7-13(9-29-22)16-8-15(23(24,25)26)18-20(27)30-11-31-32(16)18/h2-9,11,17,19,33-34H,10H2,1H3,(H,28,35)(H2,27,30,31). The number of methoxy groups -OCH3 is 1. The first kappa shape index (κ1) is 24.9. The molecule has 1 aromatic carbocycles. The zero-order chi connectivity index (χ0) is 26.0. The number of anilines is 1. The number of halogens is 3. The van der Waals surface area contributed by atoms with Crippen LogP contribution in [0.2, 0.25) is 0 Å². The van der Waals surface area contributed by atoms with Gasteiger partial charge < -0.3 is 26.0 Å². The highest BCUT2D eigenvalue weighted by Gasteiger charge is 2.36. The van der Waals surface area contributed by atoms with Crippen molar-refractivity contribution in [3.63, 3.8) is 0 Å². The van der Waals surface area contributed by atoms with Gasteiger partial charge in [-0.15, -0.1) is 0 Å². The molecule has 0 aliphatic rings. The quantitative estimate of drug-likeness (QED) is 0.301. The zero-order valence-electron chi connectivity index (χ0n) is 18.8. The number of carbonyl (C=O) groups excluding carboxylic acids is 1. The molecule has 1 amide bonds. The van der Waals surface area contributed by atoms with Crippen LogP contribution in [0.1, 0.15) is 27.6 Å². The number of aliphatic hydroxyl groups excluding tert-OH is 2. The van der Waals surface area contributed by atoms with Crippen LogP contribution < -0.4 is 15.8 Å². The van der Waals surface area contributed by atoms with E-state index in [1.165, 1.54) is 19.4 Å². The predicted molar refractivity (Wildman–Crippen MR) is 122 cm³/mol. The van der Waals surface area contributed by atoms with Gasteiger partial charge in [-0.1, -0.05) is 30.3 Å². The minimum absolute atomic E-state index is 0.0323. The summed E-state index contributed by atoms with van der Waals surface area (Å²) in [7, 11) is 1.27. The van der Waals surface area contributed by atoms with Crippen molar-refractivity contribution in [2.45, 2.75) is 18.4 Å². The first-order chi connectivity index (χ1) is 17.1. The van der Waals surface area contributed by atoms with Gasteiger partial charge in [-0.25, -0.2) is 14.5 Å². The van der Waals surface area contributed by atoms with Crippen molar-refractivity contribution in [2.75, 3.05) is 19.4 Å². The molecular formula is C23H21F3N6O4. The van der Waals surface area contributed by atoms with Gasteiger partial charge in [-0.2, -0.15) is 18.3 Å². The second-order valence-electron chi connectivity index (χ2n) is 7.76. The van der Waals surface area contributed by atoms with E-state index < -0.39 is 35.4 Å². The molecule has 0 bridgehead atoms. The molecule has 36 heavy (non-hydrogen) atoms. The molecule has 4 aromatic rings. The second kappa shape index (κ2) is 9.79. The summed E-state index contributed by atoms with van der Waals surface area (Å²) in [6, 6.07) is 10.5. The summed E-state index contributed by atoms with van der Waals surface area (Å²) in [5.74, 6) is -1.19. The van der Waals surface area contributed by atoms with E-state index in [0.717, 1.165) is 16.9 Å². The van der Waals surface area contributed by atoms with E-state index >= 15 is 0 Å². The van der Waals surface area contributed by atoms with Crippen molar-refractivity contribution in [3.05, 3.63) is 71.7 Å². The Kier molecular flexibility index (Phi) is 6.77. The van der Waals surface area contributed by atoms with Crippen molar-refractivity contribution in [1.29, 1.82) is 0 Å². The van der Waals surface area contributed by atoms with Crippen molar-refractivity contribution in [1.82, 2.24) is 24.9 Å². The lowest BCUT2D eigenvalue weighted by Gasteiger charge is -2.19. The summed E-state index contributed by atoms with van der Waals surface area (Å²) in [5.41, 5.74) is 4.65. The number of nitrogens with two attached hydrogens (primary N) is 1. The lowest BCUT2D eigenvalue weighted by molar-refractivity contribution is -0.136. The predicted octanol–water partition coefficient (Wildman–Crippen LogP) is 2.23. The van der Waals surface area contributed by atoms with Gasteiger partial charge >= 0.3 is 6.18 Å². The molecule has 0 aliphatic heterocycles. The average molecular weight is 502 g/mol. The number of aromatic nitrogens is 4. The molecule has 13 heteroatoms. The van der Waals surface area contributed by atoms with Crippen LogP contribution >= 0.6 is 0 Å². The lowest BCUT2D eigenvalue weighted by atomic mass is 10.0. The maximum Gasteiger partial charge on any atom is 0.418 e. The highest BCUT2D eigenvalue weighted by molar-refractivity contribution is 5.97. The molecule has 3 heterocycles. The Labute approximate surface area is 202 Å². The highest BCUT2D eigenvalue weighted by Crippen LogP contribution is 2.39. The monoisotopic (exact) mass is 502 g/mol. The summed E-state index contributed by atoms with van der Waals surface area (Å²) in [6.07, 6.45) is -5.09. The highest BCUT2D eigenvalue weighted by atomic mass is 19.4. The minimum Gasteiger partial charge on any atom is -0.480 e. The number of hydrogen-bond donors (Lipinski definition) is 4. The molecule has 0 saturated heterocycles. The number of ether oxygens (including phenoxy) is 1. The summed E-state index contributed by atoms with van der Waals surface area (Å²) < 4.78 is 47.0. The molecule has 10 nitrogen and oxygen atoms in total. The number of carbonyl (C=O) groups is 1. The van der Waals surface area contributed by atoms with E-state index in [2.05, 4.69) is 20.4 Å². The number of rotatable bonds is 7. The number of aliphatic hydroxyl groups is 2. The number of fused-ring (bicyclic) bond motifs is 1. The van der Waals surface area contributed by atoms with Gasteiger partial charge in [0.05, 0.1) is 18.4 Å². The Morgan fingerprint density at radius 2 is 1.92 bits per heavy atom. The molecule has 2 unspecified atom stereocenters. The van der Waals surface area contributed by atoms with Crippen LogP contribution in [0, 0.1) is 0 Å². The second-order valence-corrected chi connectivity index (χ2v) is 7.76. The summed E-state index contributed by atoms with van der Waals surface area (Å²) in [6.45, 7) is -0.321. The van der Waals surface area contributed by atoms with Crippen LogP contribution in [0.3, 0.4) is 0 Å². The SMILES string of the molecule is COc1ncc(-c2cc(C(F)(F)F)c3c(N)ncnn23)cc1C(=O)NCC(O)C(O)c1ccccc1. The van der Waals surface area contributed by atoms with Crippen LogP contribution in [0.5, 0.6) is 5.88 Å². The van der Waals surface area contributed by atoms with E-state index in [4.69, 9.17) is 10.5 Å². The first-order valence-electron chi connectivity index (χ1n) is 10.5. The Morgan fingerprint density at radius 3 is 2.58 bits per heavy atom.